The van der Waals surface area contributed by atoms with Crippen molar-refractivity contribution in [3.05, 3.63) is 60.0 Å². The van der Waals surface area contributed by atoms with E-state index >= 15 is 0 Å². The van der Waals surface area contributed by atoms with Crippen molar-refractivity contribution < 1.29 is 18.8 Å². The molecule has 0 saturated heterocycles. The van der Waals surface area contributed by atoms with Gasteiger partial charge in [0.05, 0.1) is 20.8 Å². The molecule has 1 heterocycles. The van der Waals surface area contributed by atoms with Gasteiger partial charge in [-0.3, -0.25) is 4.79 Å². The number of hydrogen-bond acceptors (Lipinski definition) is 6. The maximum atomic E-state index is 12.2. The molecule has 0 radical (unpaired) electrons. The molecular formula is C18H17N3O4. The zero-order valence-corrected chi connectivity index (χ0v) is 13.9. The van der Waals surface area contributed by atoms with E-state index in [1.165, 1.54) is 0 Å². The van der Waals surface area contributed by atoms with Gasteiger partial charge in [-0.15, -0.1) is 0 Å². The number of benzene rings is 2. The second-order valence-electron chi connectivity index (χ2n) is 5.16. The Hall–Kier alpha value is -3.35. The molecule has 0 saturated carbocycles. The summed E-state index contributed by atoms with van der Waals surface area (Å²) in [5.41, 5.74) is 1.26. The molecule has 0 aliphatic rings. The van der Waals surface area contributed by atoms with Gasteiger partial charge in [0.1, 0.15) is 11.5 Å². The first kappa shape index (κ1) is 16.5. The lowest BCUT2D eigenvalue weighted by Gasteiger charge is -2.04. The molecule has 1 N–H and O–H groups in total. The van der Waals surface area contributed by atoms with Crippen LogP contribution in [0, 0.1) is 0 Å². The average molecular weight is 339 g/mol. The average Bonchev–Trinajstić information content (AvgIpc) is 3.15. The Morgan fingerprint density at radius 2 is 1.80 bits per heavy atom. The summed E-state index contributed by atoms with van der Waals surface area (Å²) in [6.45, 7) is 0.132. The van der Waals surface area contributed by atoms with Gasteiger partial charge < -0.3 is 19.3 Å². The fourth-order valence-corrected chi connectivity index (χ4v) is 2.23. The largest absolute Gasteiger partial charge is 0.497 e. The molecule has 0 atom stereocenters. The van der Waals surface area contributed by atoms with Crippen LogP contribution in [-0.2, 0) is 6.54 Å². The van der Waals surface area contributed by atoms with Gasteiger partial charge in [-0.25, -0.2) is 0 Å². The van der Waals surface area contributed by atoms with Gasteiger partial charge in [-0.2, -0.15) is 4.98 Å². The van der Waals surface area contributed by atoms with E-state index < -0.39 is 0 Å². The minimum atomic E-state index is -0.250. The molecule has 0 aliphatic carbocycles. The highest BCUT2D eigenvalue weighted by Crippen LogP contribution is 2.21. The molecule has 128 valence electrons. The second-order valence-corrected chi connectivity index (χ2v) is 5.16. The Kier molecular flexibility index (Phi) is 4.94. The van der Waals surface area contributed by atoms with Gasteiger partial charge >= 0.3 is 0 Å². The molecule has 7 heteroatoms. The van der Waals surface area contributed by atoms with Crippen molar-refractivity contribution in [1.29, 1.82) is 0 Å². The normalized spacial score (nSPS) is 10.3. The number of nitrogens with one attached hydrogen (secondary N) is 1. The summed E-state index contributed by atoms with van der Waals surface area (Å²) in [6, 6.07) is 14.2. The summed E-state index contributed by atoms with van der Waals surface area (Å²) in [5, 5.41) is 6.67. The van der Waals surface area contributed by atoms with Crippen LogP contribution in [0.1, 0.15) is 16.2 Å². The molecule has 3 aromatic rings. The first-order valence-corrected chi connectivity index (χ1v) is 7.59. The molecule has 7 nitrogen and oxygen atoms in total. The maximum absolute atomic E-state index is 12.2. The molecule has 2 aromatic carbocycles. The van der Waals surface area contributed by atoms with Crippen LogP contribution < -0.4 is 14.8 Å². The summed E-state index contributed by atoms with van der Waals surface area (Å²) < 4.78 is 15.5. The summed E-state index contributed by atoms with van der Waals surface area (Å²) in [6.07, 6.45) is 0. The molecule has 0 aliphatic heterocycles. The lowest BCUT2D eigenvalue weighted by molar-refractivity contribution is 0.0946. The minimum Gasteiger partial charge on any atom is -0.497 e. The molecule has 0 spiro atoms. The monoisotopic (exact) mass is 339 g/mol. The van der Waals surface area contributed by atoms with Crippen molar-refractivity contribution in [3.63, 3.8) is 0 Å². The number of aromatic nitrogens is 2. The van der Waals surface area contributed by atoms with Crippen LogP contribution in [0.25, 0.3) is 11.4 Å². The number of ether oxygens (including phenoxy) is 2. The van der Waals surface area contributed by atoms with Crippen LogP contribution >= 0.6 is 0 Å². The lowest BCUT2D eigenvalue weighted by atomic mass is 10.2. The maximum Gasteiger partial charge on any atom is 0.251 e. The van der Waals surface area contributed by atoms with E-state index in [9.17, 15) is 4.79 Å². The van der Waals surface area contributed by atoms with Crippen LogP contribution in [0.15, 0.2) is 53.1 Å². The van der Waals surface area contributed by atoms with E-state index in [1.54, 1.807) is 38.5 Å². The number of hydrogen-bond donors (Lipinski definition) is 1. The molecule has 3 rings (SSSR count). The third-order valence-corrected chi connectivity index (χ3v) is 3.53. The van der Waals surface area contributed by atoms with Gasteiger partial charge in [0.25, 0.3) is 5.91 Å². The highest BCUT2D eigenvalue weighted by Gasteiger charge is 2.12. The summed E-state index contributed by atoms with van der Waals surface area (Å²) >= 11 is 0. The highest BCUT2D eigenvalue weighted by atomic mass is 16.5. The molecule has 1 aromatic heterocycles. The van der Waals surface area contributed by atoms with Crippen LogP contribution in [0.3, 0.4) is 0 Å². The minimum absolute atomic E-state index is 0.132. The first-order chi connectivity index (χ1) is 12.2. The SMILES string of the molecule is COc1cccc(C(=O)NCc2nc(-c3cccc(OC)c3)no2)c1. The van der Waals surface area contributed by atoms with Crippen LogP contribution in [-0.4, -0.2) is 30.3 Å². The van der Waals surface area contributed by atoms with E-state index in [4.69, 9.17) is 14.0 Å². The zero-order valence-electron chi connectivity index (χ0n) is 13.9. The number of methoxy groups -OCH3 is 2. The summed E-state index contributed by atoms with van der Waals surface area (Å²) in [7, 11) is 3.14. The smallest absolute Gasteiger partial charge is 0.251 e. The van der Waals surface area contributed by atoms with Crippen molar-refractivity contribution in [2.24, 2.45) is 0 Å². The van der Waals surface area contributed by atoms with Crippen molar-refractivity contribution in [1.82, 2.24) is 15.5 Å². The fourth-order valence-electron chi connectivity index (χ4n) is 2.23. The Bertz CT molecular complexity index is 876. The molecule has 25 heavy (non-hydrogen) atoms. The van der Waals surface area contributed by atoms with Crippen molar-refractivity contribution in [2.45, 2.75) is 6.54 Å². The van der Waals surface area contributed by atoms with Gasteiger partial charge in [0.2, 0.25) is 11.7 Å². The predicted octanol–water partition coefficient (Wildman–Crippen LogP) is 2.68. The van der Waals surface area contributed by atoms with E-state index in [-0.39, 0.29) is 12.5 Å². The molecule has 0 fully saturated rings. The standard InChI is InChI=1S/C18H17N3O4/c1-23-14-7-3-5-12(9-14)17-20-16(25-21-17)11-19-18(22)13-6-4-8-15(10-13)24-2/h3-10H,11H2,1-2H3,(H,19,22). The number of carbonyl (C=O) groups excluding carboxylic acids is 1. The Balaban J connectivity index is 1.66. The van der Waals surface area contributed by atoms with E-state index in [1.807, 2.05) is 24.3 Å². The number of nitrogens with zero attached hydrogens (tertiary/aromatic N) is 2. The molecule has 0 unspecified atom stereocenters. The van der Waals surface area contributed by atoms with E-state index in [2.05, 4.69) is 15.5 Å². The number of amides is 1. The first-order valence-electron chi connectivity index (χ1n) is 7.59. The van der Waals surface area contributed by atoms with E-state index in [0.29, 0.717) is 28.8 Å². The quantitative estimate of drug-likeness (QED) is 0.743. The van der Waals surface area contributed by atoms with E-state index in [0.717, 1.165) is 5.56 Å². The van der Waals surface area contributed by atoms with Gasteiger partial charge in [0, 0.05) is 11.1 Å². The van der Waals surface area contributed by atoms with Gasteiger partial charge in [-0.1, -0.05) is 23.4 Å². The fraction of sp³-hybridized carbons (Fsp3) is 0.167. The van der Waals surface area contributed by atoms with Crippen molar-refractivity contribution in [3.8, 4) is 22.9 Å². The Morgan fingerprint density at radius 3 is 2.56 bits per heavy atom. The Labute approximate surface area is 144 Å². The van der Waals surface area contributed by atoms with Gasteiger partial charge in [0.15, 0.2) is 0 Å². The number of carbonyl (C=O) groups is 1. The van der Waals surface area contributed by atoms with Crippen LogP contribution in [0.5, 0.6) is 11.5 Å². The van der Waals surface area contributed by atoms with Crippen molar-refractivity contribution in [2.75, 3.05) is 14.2 Å². The van der Waals surface area contributed by atoms with Crippen LogP contribution in [0.2, 0.25) is 0 Å². The van der Waals surface area contributed by atoms with Gasteiger partial charge in [-0.05, 0) is 30.3 Å². The highest BCUT2D eigenvalue weighted by molar-refractivity contribution is 5.94. The topological polar surface area (TPSA) is 86.5 Å². The molecule has 0 bridgehead atoms. The third kappa shape index (κ3) is 3.95. The van der Waals surface area contributed by atoms with Crippen molar-refractivity contribution >= 4 is 5.91 Å². The Morgan fingerprint density at radius 1 is 1.08 bits per heavy atom. The van der Waals surface area contributed by atoms with Crippen LogP contribution in [0.4, 0.5) is 0 Å². The zero-order chi connectivity index (χ0) is 17.6. The number of rotatable bonds is 6. The summed E-state index contributed by atoms with van der Waals surface area (Å²) in [5.74, 6) is 1.82. The predicted molar refractivity (Wildman–Crippen MR) is 90.5 cm³/mol. The summed E-state index contributed by atoms with van der Waals surface area (Å²) in [4.78, 5) is 16.5. The lowest BCUT2D eigenvalue weighted by Crippen LogP contribution is -2.22. The molecule has 1 amide bonds. The molecular weight excluding hydrogens is 322 g/mol. The second kappa shape index (κ2) is 7.48. The third-order valence-electron chi connectivity index (χ3n) is 3.53.